The molecular formula is C17H20N4O3. The maximum absolute atomic E-state index is 12.1. The van der Waals surface area contributed by atoms with Gasteiger partial charge in [0, 0.05) is 13.0 Å². The second-order valence-electron chi connectivity index (χ2n) is 6.13. The molecule has 0 unspecified atom stereocenters. The smallest absolute Gasteiger partial charge is 0.413 e. The van der Waals surface area contributed by atoms with Crippen molar-refractivity contribution in [3.05, 3.63) is 41.6 Å². The number of aromatic nitrogens is 2. The highest BCUT2D eigenvalue weighted by Gasteiger charge is 2.23. The van der Waals surface area contributed by atoms with Crippen LogP contribution in [0.1, 0.15) is 32.0 Å². The first-order valence-corrected chi connectivity index (χ1v) is 7.54. The number of carbonyl (C=O) groups excluding carboxylic acids is 1. The van der Waals surface area contributed by atoms with E-state index in [1.54, 1.807) is 32.9 Å². The van der Waals surface area contributed by atoms with Gasteiger partial charge in [0.25, 0.3) is 0 Å². The Bertz CT molecular complexity index is 755. The third kappa shape index (κ3) is 4.12. The summed E-state index contributed by atoms with van der Waals surface area (Å²) in [6.07, 6.45) is -0.460. The number of rotatable bonds is 4. The molecule has 1 amide bonds. The Balaban J connectivity index is 2.47. The first kappa shape index (κ1) is 17.5. The van der Waals surface area contributed by atoms with Crippen LogP contribution in [0.4, 0.5) is 10.6 Å². The summed E-state index contributed by atoms with van der Waals surface area (Å²) < 4.78 is 6.72. The number of hydrogen-bond acceptors (Lipinski definition) is 5. The number of carbonyl (C=O) groups is 1. The summed E-state index contributed by atoms with van der Waals surface area (Å²) in [5.74, 6) is 0.224. The third-order valence-electron chi connectivity index (χ3n) is 3.04. The first-order chi connectivity index (χ1) is 11.4. The number of nitrogens with zero attached hydrogens (tertiary/aromatic N) is 3. The van der Waals surface area contributed by atoms with Gasteiger partial charge in [-0.15, -0.1) is 0 Å². The Kier molecular flexibility index (Phi) is 5.21. The van der Waals surface area contributed by atoms with E-state index in [9.17, 15) is 15.2 Å². The predicted molar refractivity (Wildman–Crippen MR) is 88.9 cm³/mol. The van der Waals surface area contributed by atoms with Gasteiger partial charge >= 0.3 is 6.09 Å². The predicted octanol–water partition coefficient (Wildman–Crippen LogP) is 2.63. The average molecular weight is 328 g/mol. The molecule has 2 rings (SSSR count). The summed E-state index contributed by atoms with van der Waals surface area (Å²) in [6, 6.07) is 11.2. The summed E-state index contributed by atoms with van der Waals surface area (Å²) in [5.41, 5.74) is 0.639. The lowest BCUT2D eigenvalue weighted by Crippen LogP contribution is -2.28. The SMILES string of the molecule is CC(C)(C)OC(=O)Nc1c(C#N)c(CCO)nn1-c1ccccc1. The number of anilines is 1. The maximum atomic E-state index is 12.1. The molecule has 7 nitrogen and oxygen atoms in total. The van der Waals surface area contributed by atoms with Crippen molar-refractivity contribution in [2.75, 3.05) is 11.9 Å². The molecule has 0 atom stereocenters. The van der Waals surface area contributed by atoms with Crippen LogP contribution in [0, 0.1) is 11.3 Å². The fourth-order valence-electron chi connectivity index (χ4n) is 2.13. The fraction of sp³-hybridized carbons (Fsp3) is 0.353. The topological polar surface area (TPSA) is 100 Å². The van der Waals surface area contributed by atoms with Crippen LogP contribution in [0.25, 0.3) is 5.69 Å². The fourth-order valence-corrected chi connectivity index (χ4v) is 2.13. The number of para-hydroxylation sites is 1. The van der Waals surface area contributed by atoms with Gasteiger partial charge in [0.05, 0.1) is 11.4 Å². The van der Waals surface area contributed by atoms with Crippen LogP contribution >= 0.6 is 0 Å². The lowest BCUT2D eigenvalue weighted by atomic mass is 10.2. The van der Waals surface area contributed by atoms with Crippen LogP contribution in [-0.2, 0) is 11.2 Å². The standard InChI is InChI=1S/C17H20N4O3/c1-17(2,3)24-16(23)19-15-13(11-18)14(9-10-22)20-21(15)12-7-5-4-6-8-12/h4-8,22H,9-10H2,1-3H3,(H,19,23). The zero-order chi connectivity index (χ0) is 17.7. The van der Waals surface area contributed by atoms with E-state index >= 15 is 0 Å². The Hall–Kier alpha value is -2.85. The quantitative estimate of drug-likeness (QED) is 0.898. The van der Waals surface area contributed by atoms with Gasteiger partial charge in [-0.3, -0.25) is 5.32 Å². The molecule has 126 valence electrons. The van der Waals surface area contributed by atoms with Gasteiger partial charge in [-0.1, -0.05) is 18.2 Å². The maximum Gasteiger partial charge on any atom is 0.413 e. The zero-order valence-corrected chi connectivity index (χ0v) is 13.9. The molecule has 1 aromatic heterocycles. The van der Waals surface area contributed by atoms with E-state index in [1.807, 2.05) is 24.3 Å². The molecule has 0 radical (unpaired) electrons. The summed E-state index contributed by atoms with van der Waals surface area (Å²) in [6.45, 7) is 5.11. The molecule has 0 bridgehead atoms. The van der Waals surface area contributed by atoms with Gasteiger partial charge in [-0.2, -0.15) is 10.4 Å². The van der Waals surface area contributed by atoms with Crippen molar-refractivity contribution >= 4 is 11.9 Å². The molecule has 0 aliphatic heterocycles. The Morgan fingerprint density at radius 1 is 1.38 bits per heavy atom. The molecular weight excluding hydrogens is 308 g/mol. The first-order valence-electron chi connectivity index (χ1n) is 7.54. The van der Waals surface area contributed by atoms with Crippen molar-refractivity contribution in [2.45, 2.75) is 32.8 Å². The van der Waals surface area contributed by atoms with E-state index in [1.165, 1.54) is 4.68 Å². The van der Waals surface area contributed by atoms with Crippen LogP contribution in [-0.4, -0.2) is 33.2 Å². The van der Waals surface area contributed by atoms with Crippen molar-refractivity contribution in [3.8, 4) is 11.8 Å². The van der Waals surface area contributed by atoms with Crippen LogP contribution in [0.5, 0.6) is 0 Å². The molecule has 1 heterocycles. The van der Waals surface area contributed by atoms with Crippen molar-refractivity contribution in [2.24, 2.45) is 0 Å². The van der Waals surface area contributed by atoms with Crippen LogP contribution in [0.2, 0.25) is 0 Å². The molecule has 2 N–H and O–H groups in total. The summed E-state index contributed by atoms with van der Waals surface area (Å²) >= 11 is 0. The van der Waals surface area contributed by atoms with Gasteiger partial charge in [-0.25, -0.2) is 9.48 Å². The lowest BCUT2D eigenvalue weighted by molar-refractivity contribution is 0.0635. The number of amides is 1. The minimum Gasteiger partial charge on any atom is -0.444 e. The zero-order valence-electron chi connectivity index (χ0n) is 13.9. The van der Waals surface area contributed by atoms with Gasteiger partial charge in [-0.05, 0) is 32.9 Å². The molecule has 0 fully saturated rings. The Labute approximate surface area is 140 Å². The molecule has 0 spiro atoms. The Morgan fingerprint density at radius 3 is 2.58 bits per heavy atom. The molecule has 0 saturated carbocycles. The molecule has 0 saturated heterocycles. The van der Waals surface area contributed by atoms with E-state index in [0.717, 1.165) is 0 Å². The minimum atomic E-state index is -0.674. The molecule has 24 heavy (non-hydrogen) atoms. The number of nitriles is 1. The lowest BCUT2D eigenvalue weighted by Gasteiger charge is -2.20. The molecule has 0 aliphatic carbocycles. The molecule has 7 heteroatoms. The van der Waals surface area contributed by atoms with Crippen molar-refractivity contribution in [1.82, 2.24) is 9.78 Å². The molecule has 2 aromatic rings. The largest absolute Gasteiger partial charge is 0.444 e. The minimum absolute atomic E-state index is 0.146. The van der Waals surface area contributed by atoms with Gasteiger partial charge in [0.15, 0.2) is 5.82 Å². The monoisotopic (exact) mass is 328 g/mol. The highest BCUT2D eigenvalue weighted by molar-refractivity contribution is 5.86. The van der Waals surface area contributed by atoms with Crippen LogP contribution in [0.15, 0.2) is 30.3 Å². The third-order valence-corrected chi connectivity index (χ3v) is 3.04. The normalized spacial score (nSPS) is 11.0. The van der Waals surface area contributed by atoms with Crippen LogP contribution < -0.4 is 5.32 Å². The number of nitrogens with one attached hydrogen (secondary N) is 1. The van der Waals surface area contributed by atoms with E-state index in [4.69, 9.17) is 4.74 Å². The second-order valence-corrected chi connectivity index (χ2v) is 6.13. The summed E-state index contributed by atoms with van der Waals surface area (Å²) in [4.78, 5) is 12.1. The van der Waals surface area contributed by atoms with Gasteiger partial charge in [0.1, 0.15) is 17.2 Å². The Morgan fingerprint density at radius 2 is 2.04 bits per heavy atom. The van der Waals surface area contributed by atoms with Gasteiger partial charge in [0.2, 0.25) is 0 Å². The van der Waals surface area contributed by atoms with Crippen molar-refractivity contribution < 1.29 is 14.6 Å². The van der Waals surface area contributed by atoms with Gasteiger partial charge < -0.3 is 9.84 Å². The number of ether oxygens (including phenoxy) is 1. The number of aliphatic hydroxyl groups excluding tert-OH is 1. The highest BCUT2D eigenvalue weighted by Crippen LogP contribution is 2.24. The van der Waals surface area contributed by atoms with E-state index in [-0.39, 0.29) is 24.4 Å². The molecule has 1 aromatic carbocycles. The van der Waals surface area contributed by atoms with Crippen molar-refractivity contribution in [1.29, 1.82) is 5.26 Å². The van der Waals surface area contributed by atoms with E-state index < -0.39 is 11.7 Å². The summed E-state index contributed by atoms with van der Waals surface area (Å²) in [7, 11) is 0. The number of hydrogen-bond donors (Lipinski definition) is 2. The van der Waals surface area contributed by atoms with E-state index in [0.29, 0.717) is 11.4 Å². The average Bonchev–Trinajstić information content (AvgIpc) is 2.84. The highest BCUT2D eigenvalue weighted by atomic mass is 16.6. The van der Waals surface area contributed by atoms with Crippen LogP contribution in [0.3, 0.4) is 0 Å². The molecule has 0 aliphatic rings. The van der Waals surface area contributed by atoms with Crippen molar-refractivity contribution in [3.63, 3.8) is 0 Å². The number of benzene rings is 1. The number of aliphatic hydroxyl groups is 1. The second kappa shape index (κ2) is 7.15. The van der Waals surface area contributed by atoms with E-state index in [2.05, 4.69) is 10.4 Å². The summed E-state index contributed by atoms with van der Waals surface area (Å²) in [5, 5.41) is 25.6.